The molecular weight excluding hydrogens is 861 g/mol. The van der Waals surface area contributed by atoms with Gasteiger partial charge in [-0.15, -0.1) is 0 Å². The minimum Gasteiger partial charge on any atom is -0.469 e. The summed E-state index contributed by atoms with van der Waals surface area (Å²) in [4.78, 5) is 28.9. The molecule has 0 heterocycles. The van der Waals surface area contributed by atoms with E-state index in [1.54, 1.807) is 0 Å². The van der Waals surface area contributed by atoms with Gasteiger partial charge in [-0.05, 0) is 155 Å². The zero-order chi connectivity index (χ0) is 51.2. The standard InChI is InChI=1S/C64H120N2O4/c1-8-11-13-15-17-19-21-23-25-27-29-31-33-35-37-39-44-50-60(51-45-41-42-48-55-64(68)70-10-3)58-66(6)59-62(53-47-43-49-54-63(67)69-7)56-61(57-65(4)5)52-46-40-38-36-34-32-30-28-26-24-22-20-18-16-14-12-9-2/h17-20,23-26,60-62H,8-16,21-22,27-59H2,1-7H3/b19-17-,20-18-,25-23-,26-24-. The maximum Gasteiger partial charge on any atom is 0.305 e. The van der Waals surface area contributed by atoms with E-state index in [9.17, 15) is 9.59 Å². The van der Waals surface area contributed by atoms with Crippen molar-refractivity contribution in [1.82, 2.24) is 9.80 Å². The van der Waals surface area contributed by atoms with Crippen molar-refractivity contribution in [2.75, 3.05) is 54.5 Å². The summed E-state index contributed by atoms with van der Waals surface area (Å²) in [5, 5.41) is 0. The topological polar surface area (TPSA) is 59.1 Å². The number of ether oxygens (including phenoxy) is 2. The van der Waals surface area contributed by atoms with Gasteiger partial charge in [0, 0.05) is 32.5 Å². The lowest BCUT2D eigenvalue weighted by Crippen LogP contribution is -2.33. The van der Waals surface area contributed by atoms with Gasteiger partial charge < -0.3 is 19.3 Å². The zero-order valence-corrected chi connectivity index (χ0v) is 48.0. The van der Waals surface area contributed by atoms with E-state index in [1.165, 1.54) is 232 Å². The van der Waals surface area contributed by atoms with Crippen LogP contribution in [0.3, 0.4) is 0 Å². The first-order chi connectivity index (χ1) is 34.2. The third kappa shape index (κ3) is 50.7. The lowest BCUT2D eigenvalue weighted by Gasteiger charge is -2.31. The Morgan fingerprint density at radius 1 is 0.400 bits per heavy atom. The zero-order valence-electron chi connectivity index (χ0n) is 48.0. The second kappa shape index (κ2) is 54.6. The van der Waals surface area contributed by atoms with Gasteiger partial charge >= 0.3 is 11.9 Å². The van der Waals surface area contributed by atoms with Crippen LogP contribution >= 0.6 is 0 Å². The third-order valence-electron chi connectivity index (χ3n) is 14.3. The lowest BCUT2D eigenvalue weighted by atomic mass is 9.86. The Hall–Kier alpha value is -2.18. The first-order valence-corrected chi connectivity index (χ1v) is 30.4. The highest BCUT2D eigenvalue weighted by Gasteiger charge is 2.21. The van der Waals surface area contributed by atoms with Crippen molar-refractivity contribution < 1.29 is 19.1 Å². The minimum atomic E-state index is -0.0769. The fraction of sp³-hybridized carbons (Fsp3) is 0.844. The summed E-state index contributed by atoms with van der Waals surface area (Å²) in [6, 6.07) is 0. The van der Waals surface area contributed by atoms with Crippen molar-refractivity contribution in [3.05, 3.63) is 48.6 Å². The van der Waals surface area contributed by atoms with Crippen LogP contribution in [0.2, 0.25) is 0 Å². The molecule has 0 aromatic rings. The normalized spacial score (nSPS) is 13.6. The predicted molar refractivity (Wildman–Crippen MR) is 308 cm³/mol. The summed E-state index contributed by atoms with van der Waals surface area (Å²) in [7, 11) is 8.44. The second-order valence-electron chi connectivity index (χ2n) is 21.7. The molecule has 0 aromatic heterocycles. The molecule has 0 spiro atoms. The molecule has 3 atom stereocenters. The van der Waals surface area contributed by atoms with Gasteiger partial charge in [0.15, 0.2) is 0 Å². The molecule has 0 aliphatic carbocycles. The van der Waals surface area contributed by atoms with Crippen molar-refractivity contribution in [3.8, 4) is 0 Å². The number of hydrogen-bond donors (Lipinski definition) is 0. The summed E-state index contributed by atoms with van der Waals surface area (Å²) in [6.45, 7) is 10.5. The number of unbranched alkanes of at least 4 members (excludes halogenated alkanes) is 25. The summed E-state index contributed by atoms with van der Waals surface area (Å²) in [5.74, 6) is 2.02. The molecule has 0 N–H and O–H groups in total. The molecule has 3 unspecified atom stereocenters. The van der Waals surface area contributed by atoms with Gasteiger partial charge in [0.1, 0.15) is 0 Å². The Kier molecular flexibility index (Phi) is 52.9. The summed E-state index contributed by atoms with van der Waals surface area (Å²) >= 11 is 0. The fourth-order valence-electron chi connectivity index (χ4n) is 10.3. The van der Waals surface area contributed by atoms with Crippen LogP contribution < -0.4 is 0 Å². The van der Waals surface area contributed by atoms with Gasteiger partial charge in [0.2, 0.25) is 0 Å². The van der Waals surface area contributed by atoms with Crippen LogP contribution in [0.15, 0.2) is 48.6 Å². The van der Waals surface area contributed by atoms with Crippen LogP contribution in [-0.4, -0.2) is 76.2 Å². The highest BCUT2D eigenvalue weighted by molar-refractivity contribution is 5.69. The van der Waals surface area contributed by atoms with Crippen molar-refractivity contribution in [2.24, 2.45) is 17.8 Å². The van der Waals surface area contributed by atoms with E-state index in [-0.39, 0.29) is 11.9 Å². The highest BCUT2D eigenvalue weighted by Crippen LogP contribution is 2.27. The van der Waals surface area contributed by atoms with Crippen molar-refractivity contribution >= 4 is 11.9 Å². The van der Waals surface area contributed by atoms with E-state index in [4.69, 9.17) is 9.47 Å². The molecule has 0 bridgehead atoms. The Bertz CT molecular complexity index is 1230. The number of hydrogen-bond acceptors (Lipinski definition) is 6. The SMILES string of the molecule is CCCCC/C=C\C/C=C\CCCCCCCCCC(CC(CCCCCC(=O)OC)CN(C)CC(CCCCCCCCC/C=C\C/C=C\CCCCC)CCCCCCC(=O)OCC)CN(C)C. The smallest absolute Gasteiger partial charge is 0.305 e. The van der Waals surface area contributed by atoms with Gasteiger partial charge in [-0.1, -0.05) is 197 Å². The van der Waals surface area contributed by atoms with Crippen LogP contribution in [-0.2, 0) is 19.1 Å². The Balaban J connectivity index is 5.14. The molecule has 0 saturated carbocycles. The van der Waals surface area contributed by atoms with E-state index in [2.05, 4.69) is 93.4 Å². The van der Waals surface area contributed by atoms with Gasteiger partial charge in [-0.25, -0.2) is 0 Å². The number of carbonyl (C=O) groups is 2. The van der Waals surface area contributed by atoms with Crippen molar-refractivity contribution in [1.29, 1.82) is 0 Å². The summed E-state index contributed by atoms with van der Waals surface area (Å²) in [6.07, 6.45) is 68.4. The first-order valence-electron chi connectivity index (χ1n) is 30.4. The Morgan fingerprint density at radius 3 is 1.16 bits per heavy atom. The molecule has 0 rings (SSSR count). The molecule has 0 saturated heterocycles. The van der Waals surface area contributed by atoms with E-state index in [0.29, 0.717) is 25.4 Å². The van der Waals surface area contributed by atoms with Crippen LogP contribution in [0.5, 0.6) is 0 Å². The molecule has 0 aromatic carbocycles. The minimum absolute atomic E-state index is 0.0434. The number of methoxy groups -OCH3 is 1. The molecule has 70 heavy (non-hydrogen) atoms. The number of nitrogens with zero attached hydrogens (tertiary/aromatic N) is 2. The number of carbonyl (C=O) groups excluding carboxylic acids is 2. The van der Waals surface area contributed by atoms with Gasteiger partial charge in [0.05, 0.1) is 13.7 Å². The average Bonchev–Trinajstić information content (AvgIpc) is 3.33. The van der Waals surface area contributed by atoms with Gasteiger partial charge in [-0.3, -0.25) is 9.59 Å². The Morgan fingerprint density at radius 2 is 0.743 bits per heavy atom. The summed E-state index contributed by atoms with van der Waals surface area (Å²) < 4.78 is 10.1. The molecule has 0 radical (unpaired) electrons. The van der Waals surface area contributed by atoms with Crippen LogP contribution in [0.25, 0.3) is 0 Å². The maximum atomic E-state index is 11.9. The number of allylic oxidation sites excluding steroid dienone is 8. The van der Waals surface area contributed by atoms with Crippen molar-refractivity contribution in [3.63, 3.8) is 0 Å². The van der Waals surface area contributed by atoms with Crippen LogP contribution in [0, 0.1) is 17.8 Å². The van der Waals surface area contributed by atoms with Crippen LogP contribution in [0.4, 0.5) is 0 Å². The lowest BCUT2D eigenvalue weighted by molar-refractivity contribution is -0.143. The predicted octanol–water partition coefficient (Wildman–Crippen LogP) is 18.9. The molecule has 0 fully saturated rings. The molecular formula is C64H120N2O4. The molecule has 0 aliphatic rings. The van der Waals surface area contributed by atoms with E-state index in [0.717, 1.165) is 50.4 Å². The summed E-state index contributed by atoms with van der Waals surface area (Å²) in [5.41, 5.74) is 0. The van der Waals surface area contributed by atoms with E-state index < -0.39 is 0 Å². The molecule has 6 heteroatoms. The molecule has 6 nitrogen and oxygen atoms in total. The van der Waals surface area contributed by atoms with Gasteiger partial charge in [0.25, 0.3) is 0 Å². The van der Waals surface area contributed by atoms with E-state index in [1.807, 2.05) is 6.92 Å². The monoisotopic (exact) mass is 981 g/mol. The number of esters is 2. The van der Waals surface area contributed by atoms with Gasteiger partial charge in [-0.2, -0.15) is 0 Å². The first kappa shape index (κ1) is 67.8. The maximum absolute atomic E-state index is 11.9. The Labute approximate surface area is 437 Å². The largest absolute Gasteiger partial charge is 0.469 e. The fourth-order valence-corrected chi connectivity index (χ4v) is 10.3. The second-order valence-corrected chi connectivity index (χ2v) is 21.7. The van der Waals surface area contributed by atoms with Crippen LogP contribution in [0.1, 0.15) is 278 Å². The average molecular weight is 982 g/mol. The molecule has 410 valence electrons. The third-order valence-corrected chi connectivity index (χ3v) is 14.3. The molecule has 0 amide bonds. The molecule has 0 aliphatic heterocycles. The highest BCUT2D eigenvalue weighted by atomic mass is 16.5. The number of rotatable bonds is 54. The van der Waals surface area contributed by atoms with E-state index >= 15 is 0 Å². The van der Waals surface area contributed by atoms with Crippen molar-refractivity contribution in [2.45, 2.75) is 278 Å². The quantitative estimate of drug-likeness (QED) is 0.0344.